The molecular formula is C24H19Cl3N6O. The van der Waals surface area contributed by atoms with E-state index in [2.05, 4.69) is 38.1 Å². The third-order valence-electron chi connectivity index (χ3n) is 6.07. The Labute approximate surface area is 211 Å². The van der Waals surface area contributed by atoms with Crippen molar-refractivity contribution in [2.24, 2.45) is 0 Å². The summed E-state index contributed by atoms with van der Waals surface area (Å²) < 4.78 is 6.15. The van der Waals surface area contributed by atoms with Crippen LogP contribution < -0.4 is 9.64 Å². The molecule has 5 rings (SSSR count). The molecule has 1 aliphatic heterocycles. The SMILES string of the molecule is C[C@@H]1CCN1c1ncc(-c2n[nH]c3cc(Cl)c(O[C@H](C)c4c(Cl)cncc4Cl)cc23)cc1C#N. The lowest BCUT2D eigenvalue weighted by Crippen LogP contribution is -2.46. The van der Waals surface area contributed by atoms with Crippen molar-refractivity contribution in [3.05, 3.63) is 63.0 Å². The number of anilines is 1. The van der Waals surface area contributed by atoms with Crippen LogP contribution >= 0.6 is 34.8 Å². The molecule has 34 heavy (non-hydrogen) atoms. The zero-order valence-electron chi connectivity index (χ0n) is 18.3. The first-order valence-corrected chi connectivity index (χ1v) is 11.8. The Balaban J connectivity index is 1.52. The summed E-state index contributed by atoms with van der Waals surface area (Å²) in [5.74, 6) is 1.16. The van der Waals surface area contributed by atoms with Crippen LogP contribution in [-0.4, -0.2) is 32.8 Å². The maximum Gasteiger partial charge on any atom is 0.146 e. The van der Waals surface area contributed by atoms with Gasteiger partial charge in [-0.25, -0.2) is 4.98 Å². The van der Waals surface area contributed by atoms with E-state index in [0.717, 1.165) is 29.4 Å². The summed E-state index contributed by atoms with van der Waals surface area (Å²) in [6, 6.07) is 8.03. The number of aromatic amines is 1. The number of nitriles is 1. The lowest BCUT2D eigenvalue weighted by molar-refractivity contribution is 0.227. The fourth-order valence-electron chi connectivity index (χ4n) is 4.12. The average Bonchev–Trinajstić information content (AvgIpc) is 3.21. The van der Waals surface area contributed by atoms with Crippen LogP contribution in [0.3, 0.4) is 0 Å². The molecular weight excluding hydrogens is 495 g/mol. The summed E-state index contributed by atoms with van der Waals surface area (Å²) in [5.41, 5.74) is 3.25. The second-order valence-corrected chi connectivity index (χ2v) is 9.44. The normalized spacial score (nSPS) is 16.2. The van der Waals surface area contributed by atoms with Crippen LogP contribution in [0.1, 0.15) is 37.5 Å². The van der Waals surface area contributed by atoms with E-state index < -0.39 is 6.10 Å². The number of aromatic nitrogens is 4. The average molecular weight is 514 g/mol. The van der Waals surface area contributed by atoms with Crippen LogP contribution in [0.4, 0.5) is 5.82 Å². The molecule has 0 aliphatic carbocycles. The fourth-order valence-corrected chi connectivity index (χ4v) is 5.00. The number of nitrogens with one attached hydrogen (secondary N) is 1. The number of rotatable bonds is 5. The molecule has 4 aromatic rings. The van der Waals surface area contributed by atoms with Crippen LogP contribution in [0.5, 0.6) is 5.75 Å². The molecule has 7 nitrogen and oxygen atoms in total. The number of fused-ring (bicyclic) bond motifs is 1. The Morgan fingerprint density at radius 3 is 2.56 bits per heavy atom. The molecule has 1 aromatic carbocycles. The highest BCUT2D eigenvalue weighted by Gasteiger charge is 2.27. The number of hydrogen-bond acceptors (Lipinski definition) is 6. The summed E-state index contributed by atoms with van der Waals surface area (Å²) in [6.07, 6.45) is 5.40. The van der Waals surface area contributed by atoms with E-state index in [4.69, 9.17) is 39.5 Å². The van der Waals surface area contributed by atoms with Crippen molar-refractivity contribution in [3.8, 4) is 23.1 Å². The van der Waals surface area contributed by atoms with E-state index in [9.17, 15) is 5.26 Å². The van der Waals surface area contributed by atoms with Crippen LogP contribution in [-0.2, 0) is 0 Å². The number of pyridine rings is 2. The smallest absolute Gasteiger partial charge is 0.146 e. The Morgan fingerprint density at radius 2 is 1.91 bits per heavy atom. The molecule has 0 spiro atoms. The lowest BCUT2D eigenvalue weighted by atomic mass is 10.0. The minimum absolute atomic E-state index is 0.378. The predicted molar refractivity (Wildman–Crippen MR) is 134 cm³/mol. The van der Waals surface area contributed by atoms with E-state index in [0.29, 0.717) is 49.5 Å². The van der Waals surface area contributed by atoms with Gasteiger partial charge in [-0.1, -0.05) is 34.8 Å². The maximum absolute atomic E-state index is 9.73. The van der Waals surface area contributed by atoms with Gasteiger partial charge in [0.1, 0.15) is 29.4 Å². The van der Waals surface area contributed by atoms with Crippen molar-refractivity contribution in [1.29, 1.82) is 5.26 Å². The Bertz CT molecular complexity index is 1430. The first-order valence-electron chi connectivity index (χ1n) is 10.7. The maximum atomic E-state index is 9.73. The van der Waals surface area contributed by atoms with Crippen molar-refractivity contribution in [2.75, 3.05) is 11.4 Å². The van der Waals surface area contributed by atoms with Gasteiger partial charge in [-0.3, -0.25) is 10.1 Å². The fraction of sp³-hybridized carbons (Fsp3) is 0.250. The van der Waals surface area contributed by atoms with Gasteiger partial charge >= 0.3 is 0 Å². The van der Waals surface area contributed by atoms with Crippen LogP contribution in [0.15, 0.2) is 36.8 Å². The van der Waals surface area contributed by atoms with E-state index in [-0.39, 0.29) is 0 Å². The Hall–Kier alpha value is -3.05. The summed E-state index contributed by atoms with van der Waals surface area (Å²) in [7, 11) is 0. The van der Waals surface area contributed by atoms with Gasteiger partial charge in [0.25, 0.3) is 0 Å². The molecule has 172 valence electrons. The second-order valence-electron chi connectivity index (χ2n) is 8.22. The van der Waals surface area contributed by atoms with Crippen molar-refractivity contribution >= 4 is 51.5 Å². The van der Waals surface area contributed by atoms with E-state index in [1.54, 1.807) is 12.3 Å². The van der Waals surface area contributed by atoms with Gasteiger partial charge in [-0.15, -0.1) is 0 Å². The number of H-pyrrole nitrogens is 1. The third kappa shape index (κ3) is 3.92. The summed E-state index contributed by atoms with van der Waals surface area (Å²) in [5, 5.41) is 19.2. The molecule has 0 saturated carbocycles. The quantitative estimate of drug-likeness (QED) is 0.324. The van der Waals surface area contributed by atoms with Crippen molar-refractivity contribution in [3.63, 3.8) is 0 Å². The van der Waals surface area contributed by atoms with Gasteiger partial charge < -0.3 is 9.64 Å². The first-order chi connectivity index (χ1) is 16.4. The largest absolute Gasteiger partial charge is 0.484 e. The van der Waals surface area contributed by atoms with Crippen molar-refractivity contribution < 1.29 is 4.74 Å². The zero-order valence-corrected chi connectivity index (χ0v) is 20.6. The van der Waals surface area contributed by atoms with Gasteiger partial charge in [0.15, 0.2) is 0 Å². The lowest BCUT2D eigenvalue weighted by Gasteiger charge is -2.40. The van der Waals surface area contributed by atoms with Crippen molar-refractivity contribution in [1.82, 2.24) is 20.2 Å². The first kappa shape index (κ1) is 22.7. The van der Waals surface area contributed by atoms with Crippen molar-refractivity contribution in [2.45, 2.75) is 32.4 Å². The van der Waals surface area contributed by atoms with E-state index >= 15 is 0 Å². The highest BCUT2D eigenvalue weighted by Crippen LogP contribution is 2.39. The molecule has 0 unspecified atom stereocenters. The molecule has 1 aliphatic rings. The molecule has 2 atom stereocenters. The zero-order chi connectivity index (χ0) is 24.0. The molecule has 10 heteroatoms. The van der Waals surface area contributed by atoms with Gasteiger partial charge in [0.2, 0.25) is 0 Å². The Morgan fingerprint density at radius 1 is 1.15 bits per heavy atom. The molecule has 0 amide bonds. The minimum Gasteiger partial charge on any atom is -0.484 e. The molecule has 0 bridgehead atoms. The van der Waals surface area contributed by atoms with Crippen LogP contribution in [0.2, 0.25) is 15.1 Å². The predicted octanol–water partition coefficient (Wildman–Crippen LogP) is 6.59. The van der Waals surface area contributed by atoms with Crippen LogP contribution in [0, 0.1) is 11.3 Å². The van der Waals surface area contributed by atoms with E-state index in [1.807, 2.05) is 19.1 Å². The van der Waals surface area contributed by atoms with Gasteiger partial charge in [-0.2, -0.15) is 10.4 Å². The number of ether oxygens (including phenoxy) is 1. The highest BCUT2D eigenvalue weighted by molar-refractivity contribution is 6.36. The summed E-state index contributed by atoms with van der Waals surface area (Å²) in [4.78, 5) is 10.7. The van der Waals surface area contributed by atoms with Gasteiger partial charge in [0.05, 0.1) is 26.1 Å². The standard InChI is InChI=1S/C24H19Cl3N6O/c1-12-3-4-33(12)24-14(8-28)5-15(9-30-24)23-16-6-21(17(25)7-20(16)31-32-23)34-13(2)22-18(26)10-29-11-19(22)27/h5-7,9-13H,3-4H2,1-2H3,(H,31,32)/t12-,13-/m1/s1. The molecule has 1 saturated heterocycles. The number of nitrogens with zero attached hydrogens (tertiary/aromatic N) is 5. The molecule has 1 fully saturated rings. The molecule has 0 radical (unpaired) electrons. The topological polar surface area (TPSA) is 90.7 Å². The molecule has 3 aromatic heterocycles. The molecule has 4 heterocycles. The number of benzene rings is 1. The summed E-state index contributed by atoms with van der Waals surface area (Å²) >= 11 is 19.1. The Kier molecular flexibility index (Phi) is 5.98. The van der Waals surface area contributed by atoms with Crippen LogP contribution in [0.25, 0.3) is 22.2 Å². The third-order valence-corrected chi connectivity index (χ3v) is 6.97. The second kappa shape index (κ2) is 8.95. The monoisotopic (exact) mass is 512 g/mol. The minimum atomic E-state index is -0.474. The molecule has 1 N–H and O–H groups in total. The van der Waals surface area contributed by atoms with E-state index in [1.165, 1.54) is 12.4 Å². The summed E-state index contributed by atoms with van der Waals surface area (Å²) in [6.45, 7) is 4.86. The number of halogens is 3. The number of hydrogen-bond donors (Lipinski definition) is 1. The van der Waals surface area contributed by atoms with Gasteiger partial charge in [0, 0.05) is 47.7 Å². The highest BCUT2D eigenvalue weighted by atomic mass is 35.5. The van der Waals surface area contributed by atoms with Gasteiger partial charge in [-0.05, 0) is 38.5 Å².